The number of carbonyl (C=O) groups is 1. The van der Waals surface area contributed by atoms with Crippen molar-refractivity contribution in [3.8, 4) is 0 Å². The zero-order valence-corrected chi connectivity index (χ0v) is 12.0. The predicted molar refractivity (Wildman–Crippen MR) is 74.8 cm³/mol. The van der Waals surface area contributed by atoms with Crippen LogP contribution in [0.4, 0.5) is 4.79 Å². The van der Waals surface area contributed by atoms with E-state index in [9.17, 15) is 9.90 Å². The summed E-state index contributed by atoms with van der Waals surface area (Å²) in [7, 11) is 0. The molecule has 0 aliphatic carbocycles. The molecule has 0 radical (unpaired) electrons. The van der Waals surface area contributed by atoms with Crippen molar-refractivity contribution < 1.29 is 9.90 Å². The standard InChI is InChI=1S/C13H22N2O2S/c1-4-9(2)12(16)8-15-13(17)14-7-11-6-5-10(3)18-11/h5-6,9,12,16H,4,7-8H2,1-3H3,(H2,14,15,17). The number of hydrogen-bond donors (Lipinski definition) is 3. The number of thiophene rings is 1. The smallest absolute Gasteiger partial charge is 0.315 e. The van der Waals surface area contributed by atoms with Crippen molar-refractivity contribution >= 4 is 17.4 Å². The Hall–Kier alpha value is -1.07. The fraction of sp³-hybridized carbons (Fsp3) is 0.615. The van der Waals surface area contributed by atoms with Gasteiger partial charge in [-0.2, -0.15) is 0 Å². The minimum absolute atomic E-state index is 0.199. The number of aliphatic hydroxyl groups is 1. The van der Waals surface area contributed by atoms with E-state index in [1.165, 1.54) is 4.88 Å². The highest BCUT2D eigenvalue weighted by Crippen LogP contribution is 2.14. The Morgan fingerprint density at radius 3 is 2.72 bits per heavy atom. The zero-order chi connectivity index (χ0) is 13.5. The van der Waals surface area contributed by atoms with Crippen LogP contribution in [0.3, 0.4) is 0 Å². The van der Waals surface area contributed by atoms with Gasteiger partial charge in [0.05, 0.1) is 12.6 Å². The summed E-state index contributed by atoms with van der Waals surface area (Å²) >= 11 is 1.67. The van der Waals surface area contributed by atoms with Crippen molar-refractivity contribution in [3.05, 3.63) is 21.9 Å². The summed E-state index contributed by atoms with van der Waals surface area (Å²) in [5.74, 6) is 0.199. The minimum atomic E-state index is -0.482. The van der Waals surface area contributed by atoms with Crippen LogP contribution in [0.2, 0.25) is 0 Å². The minimum Gasteiger partial charge on any atom is -0.391 e. The largest absolute Gasteiger partial charge is 0.391 e. The lowest BCUT2D eigenvalue weighted by atomic mass is 10.0. The van der Waals surface area contributed by atoms with Gasteiger partial charge in [-0.1, -0.05) is 20.3 Å². The molecule has 1 heterocycles. The number of aliphatic hydroxyl groups excluding tert-OH is 1. The summed E-state index contributed by atoms with van der Waals surface area (Å²) in [4.78, 5) is 13.9. The summed E-state index contributed by atoms with van der Waals surface area (Å²) in [6, 6.07) is 3.81. The van der Waals surface area contributed by atoms with Crippen LogP contribution in [-0.4, -0.2) is 23.8 Å². The van der Waals surface area contributed by atoms with E-state index in [1.54, 1.807) is 11.3 Å². The molecule has 4 nitrogen and oxygen atoms in total. The van der Waals surface area contributed by atoms with Crippen LogP contribution in [-0.2, 0) is 6.54 Å². The summed E-state index contributed by atoms with van der Waals surface area (Å²) in [5, 5.41) is 15.2. The van der Waals surface area contributed by atoms with Crippen LogP contribution < -0.4 is 10.6 Å². The van der Waals surface area contributed by atoms with E-state index < -0.39 is 6.10 Å². The van der Waals surface area contributed by atoms with Crippen molar-refractivity contribution in [3.63, 3.8) is 0 Å². The Morgan fingerprint density at radius 2 is 2.17 bits per heavy atom. The predicted octanol–water partition coefficient (Wildman–Crippen LogP) is 2.26. The van der Waals surface area contributed by atoms with Crippen LogP contribution in [0.5, 0.6) is 0 Å². The van der Waals surface area contributed by atoms with Crippen molar-refractivity contribution in [2.75, 3.05) is 6.54 Å². The molecular weight excluding hydrogens is 248 g/mol. The number of carbonyl (C=O) groups excluding carboxylic acids is 1. The number of urea groups is 1. The van der Waals surface area contributed by atoms with Gasteiger partial charge in [-0.25, -0.2) is 4.79 Å². The van der Waals surface area contributed by atoms with Crippen molar-refractivity contribution in [1.29, 1.82) is 0 Å². The number of aryl methyl sites for hydroxylation is 1. The molecule has 5 heteroatoms. The first-order chi connectivity index (χ1) is 8.52. The van der Waals surface area contributed by atoms with Crippen LogP contribution in [0.15, 0.2) is 12.1 Å². The molecule has 0 saturated carbocycles. The molecule has 1 aromatic rings. The normalized spacial score (nSPS) is 14.0. The van der Waals surface area contributed by atoms with Gasteiger partial charge < -0.3 is 15.7 Å². The molecule has 2 atom stereocenters. The highest BCUT2D eigenvalue weighted by molar-refractivity contribution is 7.11. The quantitative estimate of drug-likeness (QED) is 0.742. The van der Waals surface area contributed by atoms with E-state index in [0.717, 1.165) is 11.3 Å². The van der Waals surface area contributed by atoms with E-state index in [4.69, 9.17) is 0 Å². The van der Waals surface area contributed by atoms with Gasteiger partial charge in [0.15, 0.2) is 0 Å². The van der Waals surface area contributed by atoms with E-state index >= 15 is 0 Å². The maximum Gasteiger partial charge on any atom is 0.315 e. The van der Waals surface area contributed by atoms with Gasteiger partial charge in [-0.15, -0.1) is 11.3 Å². The molecule has 1 rings (SSSR count). The molecule has 2 amide bonds. The second kappa shape index (κ2) is 7.38. The van der Waals surface area contributed by atoms with Crippen LogP contribution in [0.1, 0.15) is 30.0 Å². The van der Waals surface area contributed by atoms with Gasteiger partial charge in [0.25, 0.3) is 0 Å². The van der Waals surface area contributed by atoms with Crippen molar-refractivity contribution in [1.82, 2.24) is 10.6 Å². The molecule has 0 aliphatic heterocycles. The van der Waals surface area contributed by atoms with Gasteiger partial charge in [0.1, 0.15) is 0 Å². The third-order valence-corrected chi connectivity index (χ3v) is 3.99. The third-order valence-electron chi connectivity index (χ3n) is 2.99. The van der Waals surface area contributed by atoms with E-state index in [-0.39, 0.29) is 11.9 Å². The lowest BCUT2D eigenvalue weighted by Crippen LogP contribution is -2.41. The Balaban J connectivity index is 2.22. The van der Waals surface area contributed by atoms with Crippen LogP contribution in [0, 0.1) is 12.8 Å². The highest BCUT2D eigenvalue weighted by Gasteiger charge is 2.13. The number of rotatable bonds is 6. The molecular formula is C13H22N2O2S. The first-order valence-corrected chi connectivity index (χ1v) is 7.09. The first-order valence-electron chi connectivity index (χ1n) is 6.28. The lowest BCUT2D eigenvalue weighted by molar-refractivity contribution is 0.114. The highest BCUT2D eigenvalue weighted by atomic mass is 32.1. The van der Waals surface area contributed by atoms with Gasteiger partial charge in [0.2, 0.25) is 0 Å². The molecule has 0 saturated heterocycles. The topological polar surface area (TPSA) is 61.4 Å². The molecule has 0 aliphatic rings. The number of nitrogens with one attached hydrogen (secondary N) is 2. The van der Waals surface area contributed by atoms with Gasteiger partial charge in [-0.05, 0) is 25.0 Å². The SMILES string of the molecule is CCC(C)C(O)CNC(=O)NCc1ccc(C)s1. The molecule has 2 unspecified atom stereocenters. The van der Waals surface area contributed by atoms with Gasteiger partial charge >= 0.3 is 6.03 Å². The molecule has 18 heavy (non-hydrogen) atoms. The number of hydrogen-bond acceptors (Lipinski definition) is 3. The first kappa shape index (κ1) is 15.0. The van der Waals surface area contributed by atoms with E-state index in [1.807, 2.05) is 32.9 Å². The lowest BCUT2D eigenvalue weighted by Gasteiger charge is -2.17. The van der Waals surface area contributed by atoms with E-state index in [2.05, 4.69) is 10.6 Å². The van der Waals surface area contributed by atoms with Gasteiger partial charge in [0, 0.05) is 16.3 Å². The molecule has 3 N–H and O–H groups in total. The fourth-order valence-electron chi connectivity index (χ4n) is 1.48. The molecule has 0 fully saturated rings. The summed E-state index contributed by atoms with van der Waals surface area (Å²) in [6.45, 7) is 6.86. The van der Waals surface area contributed by atoms with Crippen molar-refractivity contribution in [2.24, 2.45) is 5.92 Å². The van der Waals surface area contributed by atoms with Crippen LogP contribution >= 0.6 is 11.3 Å². The molecule has 0 aromatic carbocycles. The molecule has 102 valence electrons. The van der Waals surface area contributed by atoms with Crippen LogP contribution in [0.25, 0.3) is 0 Å². The number of amides is 2. The maximum absolute atomic E-state index is 11.5. The Kier molecular flexibility index (Phi) is 6.15. The third kappa shape index (κ3) is 5.06. The fourth-order valence-corrected chi connectivity index (χ4v) is 2.31. The average molecular weight is 270 g/mol. The molecule has 0 spiro atoms. The Bertz CT molecular complexity index is 379. The monoisotopic (exact) mass is 270 g/mol. The Morgan fingerprint density at radius 1 is 1.44 bits per heavy atom. The Labute approximate surface area is 112 Å². The average Bonchev–Trinajstić information content (AvgIpc) is 2.78. The second-order valence-corrected chi connectivity index (χ2v) is 5.90. The summed E-state index contributed by atoms with van der Waals surface area (Å²) in [5.41, 5.74) is 0. The zero-order valence-electron chi connectivity index (χ0n) is 11.2. The van der Waals surface area contributed by atoms with Crippen molar-refractivity contribution in [2.45, 2.75) is 39.8 Å². The van der Waals surface area contributed by atoms with Gasteiger partial charge in [-0.3, -0.25) is 0 Å². The summed E-state index contributed by atoms with van der Waals surface area (Å²) in [6.07, 6.45) is 0.420. The molecule has 0 bridgehead atoms. The molecule has 1 aromatic heterocycles. The van der Waals surface area contributed by atoms with E-state index in [0.29, 0.717) is 13.1 Å². The second-order valence-electron chi connectivity index (χ2n) is 4.53. The summed E-state index contributed by atoms with van der Waals surface area (Å²) < 4.78 is 0. The maximum atomic E-state index is 11.5.